The molecule has 0 unspecified atom stereocenters. The second-order valence-electron chi connectivity index (χ2n) is 6.49. The Morgan fingerprint density at radius 1 is 1.36 bits per heavy atom. The number of anilines is 2. The van der Waals surface area contributed by atoms with Crippen molar-refractivity contribution in [3.05, 3.63) is 18.2 Å². The van der Waals surface area contributed by atoms with E-state index < -0.39 is 11.8 Å². The summed E-state index contributed by atoms with van der Waals surface area (Å²) in [7, 11) is 1.66. The summed E-state index contributed by atoms with van der Waals surface area (Å²) in [4.78, 5) is 2.30. The van der Waals surface area contributed by atoms with Crippen molar-refractivity contribution in [2.75, 3.05) is 30.8 Å². The molecule has 1 atom stereocenters. The first-order valence-corrected chi connectivity index (χ1v) is 7.73. The molecule has 22 heavy (non-hydrogen) atoms. The van der Waals surface area contributed by atoms with E-state index in [1.54, 1.807) is 21.0 Å². The van der Waals surface area contributed by atoms with Crippen LogP contribution in [0, 0.1) is 0 Å². The van der Waals surface area contributed by atoms with Crippen LogP contribution < -0.4 is 26.4 Å². The lowest BCUT2D eigenvalue weighted by atomic mass is 10.0. The predicted molar refractivity (Wildman–Crippen MR) is 90.1 cm³/mol. The number of aliphatic hydroxyl groups is 1. The summed E-state index contributed by atoms with van der Waals surface area (Å²) in [6.45, 7) is 5.27. The smallest absolute Gasteiger partial charge is 0.144 e. The van der Waals surface area contributed by atoms with Gasteiger partial charge in [-0.15, -0.1) is 0 Å². The van der Waals surface area contributed by atoms with Crippen LogP contribution in [0.2, 0.25) is 0 Å². The highest BCUT2D eigenvalue weighted by Crippen LogP contribution is 2.32. The van der Waals surface area contributed by atoms with E-state index in [0.29, 0.717) is 11.7 Å². The Balaban J connectivity index is 1.95. The largest absolute Gasteiger partial charge is 0.495 e. The number of hydrogen-bond donors (Lipinski definition) is 4. The maximum atomic E-state index is 9.91. The van der Waals surface area contributed by atoms with Crippen LogP contribution in [0.4, 0.5) is 11.4 Å². The summed E-state index contributed by atoms with van der Waals surface area (Å²) in [6, 6.07) is 6.07. The van der Waals surface area contributed by atoms with Gasteiger partial charge in [-0.2, -0.15) is 0 Å². The lowest BCUT2D eigenvalue weighted by molar-refractivity contribution is 0.0339. The summed E-state index contributed by atoms with van der Waals surface area (Å²) in [5.41, 5.74) is 12.6. The highest BCUT2D eigenvalue weighted by Gasteiger charge is 2.28. The Morgan fingerprint density at radius 2 is 2.00 bits per heavy atom. The number of piperidine rings is 1. The van der Waals surface area contributed by atoms with Gasteiger partial charge in [0.1, 0.15) is 5.75 Å². The summed E-state index contributed by atoms with van der Waals surface area (Å²) in [6.07, 6.45) is 1.52. The number of methoxy groups -OCH3 is 1. The van der Waals surface area contributed by atoms with E-state index in [9.17, 15) is 5.11 Å². The molecule has 1 heterocycles. The molecule has 0 aliphatic carbocycles. The van der Waals surface area contributed by atoms with Crippen molar-refractivity contribution in [1.82, 2.24) is 5.32 Å². The van der Waals surface area contributed by atoms with E-state index in [4.69, 9.17) is 16.2 Å². The molecule has 2 rings (SSSR count). The van der Waals surface area contributed by atoms with Gasteiger partial charge in [0, 0.05) is 30.9 Å². The number of ether oxygens (including phenoxy) is 1. The molecular weight excluding hydrogens is 280 g/mol. The van der Waals surface area contributed by atoms with Gasteiger partial charge in [0.05, 0.1) is 24.6 Å². The molecule has 6 nitrogen and oxygen atoms in total. The molecule has 0 aromatic heterocycles. The average molecular weight is 308 g/mol. The minimum absolute atomic E-state index is 0.317. The lowest BCUT2D eigenvalue weighted by Gasteiger charge is -2.37. The number of nitrogens with zero attached hydrogens (tertiary/aromatic N) is 1. The molecule has 1 saturated heterocycles. The first-order chi connectivity index (χ1) is 10.3. The number of hydrogen-bond acceptors (Lipinski definition) is 6. The summed E-state index contributed by atoms with van der Waals surface area (Å²) < 4.78 is 5.43. The molecule has 6 N–H and O–H groups in total. The number of nitrogens with two attached hydrogens (primary N) is 2. The second kappa shape index (κ2) is 6.73. The Labute approximate surface area is 132 Å². The van der Waals surface area contributed by atoms with Crippen molar-refractivity contribution in [1.29, 1.82) is 0 Å². The third-order valence-corrected chi connectivity index (χ3v) is 4.22. The van der Waals surface area contributed by atoms with Crippen molar-refractivity contribution in [2.24, 2.45) is 5.73 Å². The Morgan fingerprint density at radius 3 is 2.55 bits per heavy atom. The fourth-order valence-electron chi connectivity index (χ4n) is 2.70. The topological polar surface area (TPSA) is 96.8 Å². The van der Waals surface area contributed by atoms with E-state index >= 15 is 0 Å². The number of nitrogen functional groups attached to an aromatic ring is 1. The van der Waals surface area contributed by atoms with E-state index in [1.807, 2.05) is 18.2 Å². The van der Waals surface area contributed by atoms with Gasteiger partial charge in [-0.05, 0) is 38.8 Å². The zero-order chi connectivity index (χ0) is 16.3. The molecule has 6 heteroatoms. The Bertz CT molecular complexity index is 493. The zero-order valence-electron chi connectivity index (χ0n) is 13.7. The van der Waals surface area contributed by atoms with Gasteiger partial charge in [0.2, 0.25) is 0 Å². The number of benzene rings is 1. The van der Waals surface area contributed by atoms with Crippen LogP contribution in [0.5, 0.6) is 5.75 Å². The third-order valence-electron chi connectivity index (χ3n) is 4.22. The van der Waals surface area contributed by atoms with Crippen LogP contribution >= 0.6 is 0 Å². The van der Waals surface area contributed by atoms with E-state index in [0.717, 1.165) is 37.4 Å². The van der Waals surface area contributed by atoms with Gasteiger partial charge in [-0.25, -0.2) is 0 Å². The van der Waals surface area contributed by atoms with Crippen LogP contribution in [0.15, 0.2) is 18.2 Å². The van der Waals surface area contributed by atoms with Gasteiger partial charge >= 0.3 is 0 Å². The van der Waals surface area contributed by atoms with Gasteiger partial charge < -0.3 is 26.2 Å². The molecule has 1 aromatic rings. The molecule has 0 bridgehead atoms. The average Bonchev–Trinajstić information content (AvgIpc) is 2.47. The first kappa shape index (κ1) is 16.9. The van der Waals surface area contributed by atoms with E-state index in [1.165, 1.54) is 0 Å². The molecule has 124 valence electrons. The fourth-order valence-corrected chi connectivity index (χ4v) is 2.70. The van der Waals surface area contributed by atoms with Crippen molar-refractivity contribution < 1.29 is 9.84 Å². The molecule has 0 amide bonds. The minimum atomic E-state index is -0.919. The monoisotopic (exact) mass is 308 g/mol. The minimum Gasteiger partial charge on any atom is -0.495 e. The van der Waals surface area contributed by atoms with Gasteiger partial charge in [0.15, 0.2) is 0 Å². The number of nitrogens with one attached hydrogen (secondary N) is 1. The van der Waals surface area contributed by atoms with Crippen molar-refractivity contribution >= 4 is 11.4 Å². The van der Waals surface area contributed by atoms with Crippen LogP contribution in [-0.2, 0) is 0 Å². The second-order valence-corrected chi connectivity index (χ2v) is 6.49. The van der Waals surface area contributed by atoms with Crippen molar-refractivity contribution in [3.63, 3.8) is 0 Å². The molecule has 1 fully saturated rings. The third kappa shape index (κ3) is 4.03. The van der Waals surface area contributed by atoms with Crippen LogP contribution in [-0.4, -0.2) is 43.1 Å². The van der Waals surface area contributed by atoms with Gasteiger partial charge in [0.25, 0.3) is 0 Å². The van der Waals surface area contributed by atoms with Crippen molar-refractivity contribution in [2.45, 2.75) is 44.5 Å². The summed E-state index contributed by atoms with van der Waals surface area (Å²) >= 11 is 0. The molecule has 0 radical (unpaired) electrons. The highest BCUT2D eigenvalue weighted by atomic mass is 16.5. The lowest BCUT2D eigenvalue weighted by Crippen LogP contribution is -2.58. The molecule has 1 aliphatic heterocycles. The predicted octanol–water partition coefficient (Wildman–Crippen LogP) is 0.892. The van der Waals surface area contributed by atoms with Gasteiger partial charge in [-0.1, -0.05) is 0 Å². The normalized spacial score (nSPS) is 18.3. The molecule has 1 aromatic carbocycles. The SMILES string of the molecule is COc1cc(N)ccc1N1CCC(N[C@@H](N)C(C)(C)O)CC1. The maximum Gasteiger partial charge on any atom is 0.144 e. The van der Waals surface area contributed by atoms with Gasteiger partial charge in [-0.3, -0.25) is 5.32 Å². The standard InChI is InChI=1S/C16H28N4O2/c1-16(2,21)15(18)19-12-6-8-20(9-7-12)13-5-4-11(17)10-14(13)22-3/h4-5,10,12,15,19,21H,6-9,17-18H2,1-3H3/t15-/m1/s1. The van der Waals surface area contributed by atoms with Crippen LogP contribution in [0.3, 0.4) is 0 Å². The van der Waals surface area contributed by atoms with Crippen LogP contribution in [0.1, 0.15) is 26.7 Å². The molecular formula is C16H28N4O2. The summed E-state index contributed by atoms with van der Waals surface area (Å²) in [5.74, 6) is 0.805. The quantitative estimate of drug-likeness (QED) is 0.476. The van der Waals surface area contributed by atoms with Crippen LogP contribution in [0.25, 0.3) is 0 Å². The Hall–Kier alpha value is -1.50. The van der Waals surface area contributed by atoms with E-state index in [2.05, 4.69) is 10.2 Å². The first-order valence-electron chi connectivity index (χ1n) is 7.73. The number of rotatable bonds is 5. The highest BCUT2D eigenvalue weighted by molar-refractivity contribution is 5.64. The Kier molecular flexibility index (Phi) is 5.16. The molecule has 1 aliphatic rings. The fraction of sp³-hybridized carbons (Fsp3) is 0.625. The maximum absolute atomic E-state index is 9.91. The molecule has 0 saturated carbocycles. The zero-order valence-corrected chi connectivity index (χ0v) is 13.7. The summed E-state index contributed by atoms with van der Waals surface area (Å²) in [5, 5.41) is 13.2. The van der Waals surface area contributed by atoms with E-state index in [-0.39, 0.29) is 0 Å². The van der Waals surface area contributed by atoms with Crippen molar-refractivity contribution in [3.8, 4) is 5.75 Å². The molecule has 0 spiro atoms.